The van der Waals surface area contributed by atoms with E-state index in [4.69, 9.17) is 4.74 Å². The molecule has 1 saturated heterocycles. The Balaban J connectivity index is 1.94. The summed E-state index contributed by atoms with van der Waals surface area (Å²) in [5, 5.41) is 4.24. The monoisotopic (exact) mass is 285 g/mol. The number of hydrogen-bond acceptors (Lipinski definition) is 3. The van der Waals surface area contributed by atoms with Gasteiger partial charge in [0.1, 0.15) is 0 Å². The molecule has 0 saturated carbocycles. The highest BCUT2D eigenvalue weighted by Crippen LogP contribution is 2.19. The lowest BCUT2D eigenvalue weighted by molar-refractivity contribution is -0.00280. The molecule has 3 rings (SSSR count). The molecule has 21 heavy (non-hydrogen) atoms. The Bertz CT molecular complexity index is 610. The van der Waals surface area contributed by atoms with E-state index >= 15 is 0 Å². The van der Waals surface area contributed by atoms with Crippen molar-refractivity contribution in [1.82, 2.24) is 14.7 Å². The zero-order valence-corrected chi connectivity index (χ0v) is 12.1. The van der Waals surface area contributed by atoms with Crippen LogP contribution in [0, 0.1) is 0 Å². The molecule has 1 aromatic carbocycles. The van der Waals surface area contributed by atoms with Gasteiger partial charge in [0.05, 0.1) is 30.5 Å². The molecular formula is C16H19N3O2. The van der Waals surface area contributed by atoms with Gasteiger partial charge in [-0.3, -0.25) is 4.79 Å². The molecule has 2 heterocycles. The zero-order valence-electron chi connectivity index (χ0n) is 12.1. The van der Waals surface area contributed by atoms with Crippen molar-refractivity contribution in [2.45, 2.75) is 19.4 Å². The van der Waals surface area contributed by atoms with E-state index in [-0.39, 0.29) is 11.9 Å². The topological polar surface area (TPSA) is 47.4 Å². The van der Waals surface area contributed by atoms with Crippen molar-refractivity contribution in [1.29, 1.82) is 0 Å². The number of morpholine rings is 1. The summed E-state index contributed by atoms with van der Waals surface area (Å²) >= 11 is 0. The Morgan fingerprint density at radius 1 is 1.38 bits per heavy atom. The number of carbonyl (C=O) groups is 1. The van der Waals surface area contributed by atoms with Gasteiger partial charge >= 0.3 is 0 Å². The Labute approximate surface area is 124 Å². The third-order valence-corrected chi connectivity index (χ3v) is 3.85. The second-order valence-electron chi connectivity index (χ2n) is 5.10. The number of ether oxygens (including phenoxy) is 1. The van der Waals surface area contributed by atoms with E-state index in [1.807, 2.05) is 41.4 Å². The fraction of sp³-hybridized carbons (Fsp3) is 0.375. The summed E-state index contributed by atoms with van der Waals surface area (Å²) in [7, 11) is 0. The van der Waals surface area contributed by atoms with Crippen LogP contribution in [0.15, 0.2) is 42.7 Å². The first-order chi connectivity index (χ1) is 10.3. The van der Waals surface area contributed by atoms with Gasteiger partial charge in [-0.15, -0.1) is 0 Å². The summed E-state index contributed by atoms with van der Waals surface area (Å²) in [5.41, 5.74) is 1.50. The number of para-hydroxylation sites is 1. The maximum absolute atomic E-state index is 12.9. The van der Waals surface area contributed by atoms with Crippen molar-refractivity contribution < 1.29 is 9.53 Å². The number of hydrogen-bond donors (Lipinski definition) is 0. The van der Waals surface area contributed by atoms with Crippen LogP contribution in [0.5, 0.6) is 0 Å². The van der Waals surface area contributed by atoms with Crippen molar-refractivity contribution in [2.24, 2.45) is 0 Å². The van der Waals surface area contributed by atoms with E-state index in [9.17, 15) is 4.79 Å². The molecule has 5 nitrogen and oxygen atoms in total. The van der Waals surface area contributed by atoms with Crippen LogP contribution in [0.2, 0.25) is 0 Å². The summed E-state index contributed by atoms with van der Waals surface area (Å²) in [4.78, 5) is 14.8. The fourth-order valence-electron chi connectivity index (χ4n) is 2.68. The van der Waals surface area contributed by atoms with E-state index in [0.29, 0.717) is 25.3 Å². The molecule has 1 aliphatic heterocycles. The largest absolute Gasteiger partial charge is 0.377 e. The molecule has 1 aromatic heterocycles. The normalized spacial score (nSPS) is 18.7. The Kier molecular flexibility index (Phi) is 4.01. The molecule has 0 N–H and O–H groups in total. The first-order valence-corrected chi connectivity index (χ1v) is 7.29. The molecule has 110 valence electrons. The van der Waals surface area contributed by atoms with Crippen LogP contribution >= 0.6 is 0 Å². The number of rotatable bonds is 3. The average Bonchev–Trinajstić information content (AvgIpc) is 3.08. The van der Waals surface area contributed by atoms with Gasteiger partial charge in [0, 0.05) is 18.9 Å². The molecule has 1 amide bonds. The Morgan fingerprint density at radius 3 is 3.00 bits per heavy atom. The van der Waals surface area contributed by atoms with Crippen LogP contribution in [0.1, 0.15) is 23.7 Å². The lowest BCUT2D eigenvalue weighted by Crippen LogP contribution is -2.48. The summed E-state index contributed by atoms with van der Waals surface area (Å²) in [5.74, 6) is 0.0521. The predicted molar refractivity (Wildman–Crippen MR) is 79.5 cm³/mol. The van der Waals surface area contributed by atoms with E-state index in [1.165, 1.54) is 0 Å². The summed E-state index contributed by atoms with van der Waals surface area (Å²) in [6.07, 6.45) is 4.46. The van der Waals surface area contributed by atoms with Gasteiger partial charge in [-0.05, 0) is 24.6 Å². The van der Waals surface area contributed by atoms with Gasteiger partial charge in [0.15, 0.2) is 0 Å². The first kappa shape index (κ1) is 13.8. The highest BCUT2D eigenvalue weighted by atomic mass is 16.5. The Morgan fingerprint density at radius 2 is 2.24 bits per heavy atom. The second kappa shape index (κ2) is 6.10. The maximum atomic E-state index is 12.9. The van der Waals surface area contributed by atoms with Crippen molar-refractivity contribution in [3.63, 3.8) is 0 Å². The molecular weight excluding hydrogens is 266 g/mol. The molecule has 0 aliphatic carbocycles. The maximum Gasteiger partial charge on any atom is 0.256 e. The van der Waals surface area contributed by atoms with E-state index in [0.717, 1.165) is 12.1 Å². The van der Waals surface area contributed by atoms with Gasteiger partial charge in [-0.1, -0.05) is 19.1 Å². The van der Waals surface area contributed by atoms with E-state index in [2.05, 4.69) is 12.0 Å². The minimum atomic E-state index is 0.0521. The van der Waals surface area contributed by atoms with E-state index in [1.54, 1.807) is 10.9 Å². The minimum Gasteiger partial charge on any atom is -0.377 e. The van der Waals surface area contributed by atoms with Crippen molar-refractivity contribution in [3.8, 4) is 5.69 Å². The van der Waals surface area contributed by atoms with Crippen LogP contribution in [0.25, 0.3) is 5.69 Å². The summed E-state index contributed by atoms with van der Waals surface area (Å²) in [6, 6.07) is 9.59. The molecule has 2 aromatic rings. The van der Waals surface area contributed by atoms with Gasteiger partial charge in [0.25, 0.3) is 5.91 Å². The standard InChI is InChI=1S/C16H19N3O2/c1-2-13-12-21-11-10-18(13)16(20)14-6-3-4-7-15(14)19-9-5-8-17-19/h3-9,13H,2,10-12H2,1H3/t13-/m0/s1. The highest BCUT2D eigenvalue weighted by Gasteiger charge is 2.28. The smallest absolute Gasteiger partial charge is 0.256 e. The van der Waals surface area contributed by atoms with Gasteiger partial charge in [-0.25, -0.2) is 4.68 Å². The molecule has 5 heteroatoms. The predicted octanol–water partition coefficient (Wildman–Crippen LogP) is 2.12. The van der Waals surface area contributed by atoms with Crippen LogP contribution in [0.4, 0.5) is 0 Å². The van der Waals surface area contributed by atoms with Crippen LogP contribution < -0.4 is 0 Å². The summed E-state index contributed by atoms with van der Waals surface area (Å²) < 4.78 is 7.21. The number of amides is 1. The highest BCUT2D eigenvalue weighted by molar-refractivity contribution is 5.98. The van der Waals surface area contributed by atoms with Gasteiger partial charge in [-0.2, -0.15) is 5.10 Å². The molecule has 0 spiro atoms. The number of carbonyl (C=O) groups excluding carboxylic acids is 1. The SMILES string of the molecule is CC[C@H]1COCCN1C(=O)c1ccccc1-n1cccn1. The van der Waals surface area contributed by atoms with Crippen molar-refractivity contribution >= 4 is 5.91 Å². The van der Waals surface area contributed by atoms with Crippen molar-refractivity contribution in [2.75, 3.05) is 19.8 Å². The summed E-state index contributed by atoms with van der Waals surface area (Å²) in [6.45, 7) is 3.95. The third-order valence-electron chi connectivity index (χ3n) is 3.85. The van der Waals surface area contributed by atoms with Crippen molar-refractivity contribution in [3.05, 3.63) is 48.3 Å². The molecule has 1 aliphatic rings. The molecule has 1 atom stereocenters. The number of benzene rings is 1. The molecule has 0 radical (unpaired) electrons. The number of aromatic nitrogens is 2. The Hall–Kier alpha value is -2.14. The lowest BCUT2D eigenvalue weighted by atomic mass is 10.1. The fourth-order valence-corrected chi connectivity index (χ4v) is 2.68. The average molecular weight is 285 g/mol. The van der Waals surface area contributed by atoms with Crippen LogP contribution in [-0.2, 0) is 4.74 Å². The van der Waals surface area contributed by atoms with Crippen LogP contribution in [-0.4, -0.2) is 46.4 Å². The van der Waals surface area contributed by atoms with Crippen LogP contribution in [0.3, 0.4) is 0 Å². The molecule has 0 unspecified atom stereocenters. The van der Waals surface area contributed by atoms with Gasteiger partial charge in [0.2, 0.25) is 0 Å². The molecule has 1 fully saturated rings. The van der Waals surface area contributed by atoms with E-state index < -0.39 is 0 Å². The second-order valence-corrected chi connectivity index (χ2v) is 5.10. The quantitative estimate of drug-likeness (QED) is 0.868. The minimum absolute atomic E-state index is 0.0521. The van der Waals surface area contributed by atoms with Gasteiger partial charge < -0.3 is 9.64 Å². The zero-order chi connectivity index (χ0) is 14.7. The first-order valence-electron chi connectivity index (χ1n) is 7.29. The lowest BCUT2D eigenvalue weighted by Gasteiger charge is -2.35. The molecule has 0 bridgehead atoms. The number of nitrogens with zero attached hydrogens (tertiary/aromatic N) is 3. The third kappa shape index (κ3) is 2.69.